The third-order valence-corrected chi connectivity index (χ3v) is 7.16. The predicted octanol–water partition coefficient (Wildman–Crippen LogP) is 5.03. The fourth-order valence-electron chi connectivity index (χ4n) is 4.46. The molecule has 0 radical (unpaired) electrons. The van der Waals surface area contributed by atoms with Crippen LogP contribution in [0.3, 0.4) is 0 Å². The summed E-state index contributed by atoms with van der Waals surface area (Å²) in [6.45, 7) is 6.11. The van der Waals surface area contributed by atoms with Crippen molar-refractivity contribution < 1.29 is 19.4 Å². The molecule has 3 rings (SSSR count). The largest absolute Gasteiger partial charge is 0.478 e. The van der Waals surface area contributed by atoms with Crippen LogP contribution in [0.4, 0.5) is 0 Å². The number of aliphatic carboxylic acids is 1. The fourth-order valence-corrected chi connectivity index (χ4v) is 4.87. The van der Waals surface area contributed by atoms with Gasteiger partial charge in [0.25, 0.3) is 0 Å². The third-order valence-electron chi connectivity index (χ3n) is 6.42. The summed E-state index contributed by atoms with van der Waals surface area (Å²) in [5.41, 5.74) is 3.66. The van der Waals surface area contributed by atoms with Crippen molar-refractivity contribution in [3.63, 3.8) is 0 Å². The number of carboxylic acids is 1. The summed E-state index contributed by atoms with van der Waals surface area (Å²) in [6, 6.07) is 16.1. The second-order valence-corrected chi connectivity index (χ2v) is 9.76. The first kappa shape index (κ1) is 27.0. The van der Waals surface area contributed by atoms with E-state index in [9.17, 15) is 14.7 Å². The van der Waals surface area contributed by atoms with Gasteiger partial charge in [-0.15, -0.1) is 11.8 Å². The Labute approximate surface area is 212 Å². The second kappa shape index (κ2) is 12.9. The first-order chi connectivity index (χ1) is 16.8. The van der Waals surface area contributed by atoms with Crippen molar-refractivity contribution in [2.24, 2.45) is 0 Å². The van der Waals surface area contributed by atoms with Gasteiger partial charge in [-0.1, -0.05) is 44.2 Å². The third kappa shape index (κ3) is 7.43. The van der Waals surface area contributed by atoms with Gasteiger partial charge >= 0.3 is 5.97 Å². The quantitative estimate of drug-likeness (QED) is 0.378. The lowest BCUT2D eigenvalue weighted by atomic mass is 9.87. The number of nitrogens with one attached hydrogen (secondary N) is 2. The zero-order valence-electron chi connectivity index (χ0n) is 20.9. The molecule has 3 atom stereocenters. The van der Waals surface area contributed by atoms with Crippen LogP contribution in [-0.2, 0) is 20.9 Å². The van der Waals surface area contributed by atoms with Gasteiger partial charge in [0, 0.05) is 30.0 Å². The van der Waals surface area contributed by atoms with Gasteiger partial charge in [0.15, 0.2) is 0 Å². The number of rotatable bonds is 11. The number of hydrogen-bond donors (Lipinski definition) is 3. The maximum atomic E-state index is 12.0. The summed E-state index contributed by atoms with van der Waals surface area (Å²) in [7, 11) is 0. The molecule has 0 heterocycles. The second-order valence-electron chi connectivity index (χ2n) is 8.88. The van der Waals surface area contributed by atoms with E-state index in [0.29, 0.717) is 18.5 Å². The topological polar surface area (TPSA) is 87.7 Å². The number of amides is 1. The van der Waals surface area contributed by atoms with Crippen molar-refractivity contribution in [1.82, 2.24) is 10.6 Å². The molecule has 3 N–H and O–H groups in total. The van der Waals surface area contributed by atoms with E-state index in [1.807, 2.05) is 19.9 Å². The van der Waals surface area contributed by atoms with Crippen LogP contribution >= 0.6 is 11.8 Å². The van der Waals surface area contributed by atoms with Gasteiger partial charge < -0.3 is 20.5 Å². The lowest BCUT2D eigenvalue weighted by Gasteiger charge is -2.38. The maximum absolute atomic E-state index is 12.0. The van der Waals surface area contributed by atoms with Crippen LogP contribution < -0.4 is 10.6 Å². The first-order valence-electron chi connectivity index (χ1n) is 12.2. The Morgan fingerprint density at radius 3 is 2.43 bits per heavy atom. The number of carbonyl (C=O) groups is 2. The summed E-state index contributed by atoms with van der Waals surface area (Å²) in [5, 5.41) is 16.3. The van der Waals surface area contributed by atoms with Crippen LogP contribution in [0.15, 0.2) is 65.1 Å². The molecule has 0 aromatic heterocycles. The fraction of sp³-hybridized carbons (Fsp3) is 0.429. The van der Waals surface area contributed by atoms with Gasteiger partial charge in [0.2, 0.25) is 5.91 Å². The van der Waals surface area contributed by atoms with E-state index in [4.69, 9.17) is 4.74 Å². The van der Waals surface area contributed by atoms with Crippen molar-refractivity contribution in [3.8, 4) is 11.1 Å². The number of ether oxygens (including phenoxy) is 1. The molecular weight excluding hydrogens is 460 g/mol. The highest BCUT2D eigenvalue weighted by atomic mass is 32.2. The van der Waals surface area contributed by atoms with E-state index in [2.05, 4.69) is 59.4 Å². The Hall–Kier alpha value is -2.61. The van der Waals surface area contributed by atoms with Gasteiger partial charge in [0.1, 0.15) is 0 Å². The number of benzene rings is 2. The molecule has 0 bridgehead atoms. The Morgan fingerprint density at radius 2 is 1.83 bits per heavy atom. The van der Waals surface area contributed by atoms with Gasteiger partial charge in [-0.05, 0) is 66.5 Å². The SMILES string of the molecule is CCC(CC)O[C@@H]1C=C(C(=O)O)C[C@H](NCc2cccc(-c3ccc(SC)cc3)c2)[C@H]1NC(C)=O. The van der Waals surface area contributed by atoms with Crippen molar-refractivity contribution in [3.05, 3.63) is 65.7 Å². The maximum Gasteiger partial charge on any atom is 0.331 e. The molecule has 0 unspecified atom stereocenters. The highest BCUT2D eigenvalue weighted by Crippen LogP contribution is 2.26. The Balaban J connectivity index is 1.80. The molecule has 1 aliphatic rings. The molecule has 35 heavy (non-hydrogen) atoms. The average Bonchev–Trinajstić information content (AvgIpc) is 2.86. The molecule has 0 aliphatic heterocycles. The van der Waals surface area contributed by atoms with Crippen LogP contribution in [0.1, 0.15) is 45.6 Å². The minimum Gasteiger partial charge on any atom is -0.478 e. The Kier molecular flexibility index (Phi) is 9.95. The van der Waals surface area contributed by atoms with Gasteiger partial charge in [-0.25, -0.2) is 4.79 Å². The van der Waals surface area contributed by atoms with Gasteiger partial charge in [-0.3, -0.25) is 4.79 Å². The van der Waals surface area contributed by atoms with E-state index < -0.39 is 12.1 Å². The van der Waals surface area contributed by atoms with Crippen LogP contribution in [-0.4, -0.2) is 47.5 Å². The van der Waals surface area contributed by atoms with Crippen molar-refractivity contribution in [1.29, 1.82) is 0 Å². The van der Waals surface area contributed by atoms with Crippen LogP contribution in [0, 0.1) is 0 Å². The molecule has 1 aliphatic carbocycles. The van der Waals surface area contributed by atoms with Crippen molar-refractivity contribution >= 4 is 23.6 Å². The standard InChI is InChI=1S/C28H36N2O4S/c1-5-23(6-2)34-26-16-22(28(32)33)15-25(27(26)30-18(3)31)29-17-19-8-7-9-21(14-19)20-10-12-24(35-4)13-11-20/h7-14,16,23,25-27,29H,5-6,15,17H2,1-4H3,(H,30,31)(H,32,33)/t25-,26+,27+/m0/s1. The normalized spacial score (nSPS) is 19.9. The minimum atomic E-state index is -0.952. The summed E-state index contributed by atoms with van der Waals surface area (Å²) < 4.78 is 6.27. The lowest BCUT2D eigenvalue weighted by molar-refractivity contribution is -0.133. The Morgan fingerprint density at radius 1 is 1.11 bits per heavy atom. The van der Waals surface area contributed by atoms with E-state index in [0.717, 1.165) is 29.5 Å². The first-order valence-corrected chi connectivity index (χ1v) is 13.4. The van der Waals surface area contributed by atoms with Crippen molar-refractivity contribution in [2.45, 2.75) is 75.8 Å². The molecule has 0 saturated heterocycles. The summed E-state index contributed by atoms with van der Waals surface area (Å²) >= 11 is 1.72. The molecule has 188 valence electrons. The van der Waals surface area contributed by atoms with Crippen molar-refractivity contribution in [2.75, 3.05) is 6.26 Å². The summed E-state index contributed by atoms with van der Waals surface area (Å²) in [6.07, 6.45) is 5.15. The molecule has 0 spiro atoms. The number of carbonyl (C=O) groups excluding carboxylic acids is 1. The van der Waals surface area contributed by atoms with Crippen LogP contribution in [0.2, 0.25) is 0 Å². The highest BCUT2D eigenvalue weighted by molar-refractivity contribution is 7.98. The molecule has 7 heteroatoms. The monoisotopic (exact) mass is 496 g/mol. The van der Waals surface area contributed by atoms with E-state index in [1.54, 1.807) is 17.8 Å². The number of hydrogen-bond acceptors (Lipinski definition) is 5. The molecule has 0 saturated carbocycles. The van der Waals surface area contributed by atoms with Crippen LogP contribution in [0.5, 0.6) is 0 Å². The van der Waals surface area contributed by atoms with Gasteiger partial charge in [0.05, 0.1) is 18.2 Å². The van der Waals surface area contributed by atoms with E-state index >= 15 is 0 Å². The smallest absolute Gasteiger partial charge is 0.331 e. The zero-order valence-corrected chi connectivity index (χ0v) is 21.7. The molecule has 2 aromatic carbocycles. The van der Waals surface area contributed by atoms with Gasteiger partial charge in [-0.2, -0.15) is 0 Å². The highest BCUT2D eigenvalue weighted by Gasteiger charge is 2.37. The average molecular weight is 497 g/mol. The molecular formula is C28H36N2O4S. The summed E-state index contributed by atoms with van der Waals surface area (Å²) in [5.74, 6) is -1.12. The summed E-state index contributed by atoms with van der Waals surface area (Å²) in [4.78, 5) is 25.1. The zero-order chi connectivity index (χ0) is 25.4. The van der Waals surface area contributed by atoms with Crippen LogP contribution in [0.25, 0.3) is 11.1 Å². The minimum absolute atomic E-state index is 0.00418. The number of carboxylic acid groups (broad SMARTS) is 1. The predicted molar refractivity (Wildman–Crippen MR) is 141 cm³/mol. The molecule has 0 fully saturated rings. The van der Waals surface area contributed by atoms with E-state index in [-0.39, 0.29) is 24.1 Å². The molecule has 2 aromatic rings. The molecule has 1 amide bonds. The number of thioether (sulfide) groups is 1. The lowest BCUT2D eigenvalue weighted by Crippen LogP contribution is -2.58. The molecule has 6 nitrogen and oxygen atoms in total. The Bertz CT molecular complexity index is 1030. The van der Waals surface area contributed by atoms with E-state index in [1.165, 1.54) is 11.8 Å².